The number of carbonyl (C=O) groups is 1. The molecule has 2 aromatic rings. The number of ether oxygens (including phenoxy) is 1. The maximum Gasteiger partial charge on any atom is 0.156 e. The predicted octanol–water partition coefficient (Wildman–Crippen LogP) is 1.12. The van der Waals surface area contributed by atoms with E-state index in [0.717, 1.165) is 43.8 Å². The Kier molecular flexibility index (Phi) is 2.60. The summed E-state index contributed by atoms with van der Waals surface area (Å²) in [5.74, 6) is 1.35. The molecule has 88 valence electrons. The molecule has 1 fully saturated rings. The second-order valence-corrected chi connectivity index (χ2v) is 4.34. The van der Waals surface area contributed by atoms with E-state index < -0.39 is 0 Å². The lowest BCUT2D eigenvalue weighted by Gasteiger charge is -2.01. The van der Waals surface area contributed by atoms with E-state index in [-0.39, 0.29) is 0 Å². The Morgan fingerprint density at radius 3 is 3.29 bits per heavy atom. The first-order valence-electron chi connectivity index (χ1n) is 5.73. The lowest BCUT2D eigenvalue weighted by Crippen LogP contribution is -2.05. The van der Waals surface area contributed by atoms with Crippen molar-refractivity contribution < 1.29 is 9.53 Å². The summed E-state index contributed by atoms with van der Waals surface area (Å²) < 4.78 is 7.04. The quantitative estimate of drug-likeness (QED) is 0.743. The third kappa shape index (κ3) is 2.06. The van der Waals surface area contributed by atoms with Gasteiger partial charge in [-0.1, -0.05) is 0 Å². The molecule has 1 atom stereocenters. The van der Waals surface area contributed by atoms with Crippen molar-refractivity contribution in [3.63, 3.8) is 0 Å². The van der Waals surface area contributed by atoms with Gasteiger partial charge in [-0.2, -0.15) is 5.10 Å². The molecule has 5 heteroatoms. The van der Waals surface area contributed by atoms with Crippen LogP contribution >= 0.6 is 0 Å². The molecule has 3 rings (SSSR count). The molecule has 3 heterocycles. The van der Waals surface area contributed by atoms with E-state index in [0.29, 0.717) is 11.5 Å². The third-order valence-corrected chi connectivity index (χ3v) is 3.04. The molecule has 0 N–H and O–H groups in total. The average Bonchev–Trinajstić information content (AvgIpc) is 2.96. The number of fused-ring (bicyclic) bond motifs is 1. The van der Waals surface area contributed by atoms with E-state index in [1.165, 1.54) is 0 Å². The van der Waals surface area contributed by atoms with E-state index in [4.69, 9.17) is 4.74 Å². The molecule has 0 aromatic carbocycles. The van der Waals surface area contributed by atoms with Gasteiger partial charge in [0, 0.05) is 31.4 Å². The van der Waals surface area contributed by atoms with Crippen LogP contribution in [0, 0.1) is 5.92 Å². The van der Waals surface area contributed by atoms with E-state index >= 15 is 0 Å². The van der Waals surface area contributed by atoms with Crippen molar-refractivity contribution in [1.82, 2.24) is 14.6 Å². The average molecular weight is 231 g/mol. The smallest absolute Gasteiger partial charge is 0.156 e. The minimum atomic E-state index is 0.526. The fourth-order valence-electron chi connectivity index (χ4n) is 2.11. The summed E-state index contributed by atoms with van der Waals surface area (Å²) in [5.41, 5.74) is 1.35. The SMILES string of the molecule is O=Cc1ccn2nc(CC3CCOC3)nc2c1. The second-order valence-electron chi connectivity index (χ2n) is 4.34. The number of carbonyl (C=O) groups excluding carboxylic acids is 1. The Morgan fingerprint density at radius 1 is 1.59 bits per heavy atom. The summed E-state index contributed by atoms with van der Waals surface area (Å²) in [6.45, 7) is 1.64. The third-order valence-electron chi connectivity index (χ3n) is 3.04. The summed E-state index contributed by atoms with van der Waals surface area (Å²) in [6, 6.07) is 3.48. The minimum Gasteiger partial charge on any atom is -0.381 e. The molecule has 1 aliphatic heterocycles. The zero-order valence-corrected chi connectivity index (χ0v) is 9.37. The molecule has 0 bridgehead atoms. The molecular weight excluding hydrogens is 218 g/mol. The Balaban J connectivity index is 1.87. The molecular formula is C12H13N3O2. The highest BCUT2D eigenvalue weighted by Gasteiger charge is 2.18. The second kappa shape index (κ2) is 4.25. The first-order valence-corrected chi connectivity index (χ1v) is 5.73. The summed E-state index contributed by atoms with van der Waals surface area (Å²) in [4.78, 5) is 15.1. The van der Waals surface area contributed by atoms with Crippen LogP contribution in [0.15, 0.2) is 18.3 Å². The van der Waals surface area contributed by atoms with Gasteiger partial charge in [0.05, 0.1) is 0 Å². The molecule has 5 nitrogen and oxygen atoms in total. The Bertz CT molecular complexity index is 544. The van der Waals surface area contributed by atoms with Gasteiger partial charge in [-0.3, -0.25) is 4.79 Å². The van der Waals surface area contributed by atoms with Gasteiger partial charge in [0.15, 0.2) is 11.5 Å². The highest BCUT2D eigenvalue weighted by molar-refractivity contribution is 5.76. The summed E-state index contributed by atoms with van der Waals surface area (Å²) in [6.07, 6.45) is 4.51. The van der Waals surface area contributed by atoms with Crippen molar-refractivity contribution in [3.8, 4) is 0 Å². The summed E-state index contributed by atoms with van der Waals surface area (Å²) in [5, 5.41) is 4.39. The van der Waals surface area contributed by atoms with Crippen molar-refractivity contribution in [1.29, 1.82) is 0 Å². The molecule has 0 amide bonds. The van der Waals surface area contributed by atoms with Crippen LogP contribution in [0.3, 0.4) is 0 Å². The van der Waals surface area contributed by atoms with E-state index in [9.17, 15) is 4.79 Å². The van der Waals surface area contributed by atoms with Gasteiger partial charge in [-0.15, -0.1) is 0 Å². The van der Waals surface area contributed by atoms with Gasteiger partial charge in [0.1, 0.15) is 6.29 Å². The number of pyridine rings is 1. The number of hydrogen-bond acceptors (Lipinski definition) is 4. The van der Waals surface area contributed by atoms with Gasteiger partial charge < -0.3 is 4.74 Å². The van der Waals surface area contributed by atoms with Crippen LogP contribution in [0.5, 0.6) is 0 Å². The van der Waals surface area contributed by atoms with Gasteiger partial charge >= 0.3 is 0 Å². The summed E-state index contributed by atoms with van der Waals surface area (Å²) in [7, 11) is 0. The van der Waals surface area contributed by atoms with Gasteiger partial charge in [0.2, 0.25) is 0 Å². The monoisotopic (exact) mass is 231 g/mol. The first-order chi connectivity index (χ1) is 8.35. The standard InChI is InChI=1S/C12H13N3O2/c16-7-9-1-3-15-12(6-9)13-11(14-15)5-10-2-4-17-8-10/h1,3,6-7,10H,2,4-5,8H2. The van der Waals surface area contributed by atoms with Crippen molar-refractivity contribution in [2.45, 2.75) is 12.8 Å². The van der Waals surface area contributed by atoms with Crippen LogP contribution < -0.4 is 0 Å². The highest BCUT2D eigenvalue weighted by Crippen LogP contribution is 2.16. The van der Waals surface area contributed by atoms with Crippen molar-refractivity contribution >= 4 is 11.9 Å². The lowest BCUT2D eigenvalue weighted by atomic mass is 10.1. The van der Waals surface area contributed by atoms with Crippen LogP contribution in [-0.2, 0) is 11.2 Å². The molecule has 0 spiro atoms. The number of rotatable bonds is 3. The molecule has 0 radical (unpaired) electrons. The van der Waals surface area contributed by atoms with E-state index in [2.05, 4.69) is 10.1 Å². The van der Waals surface area contributed by atoms with Crippen molar-refractivity contribution in [2.75, 3.05) is 13.2 Å². The van der Waals surface area contributed by atoms with Crippen molar-refractivity contribution in [2.24, 2.45) is 5.92 Å². The molecule has 1 saturated heterocycles. The first kappa shape index (κ1) is 10.4. The Hall–Kier alpha value is -1.75. The van der Waals surface area contributed by atoms with Crippen LogP contribution in [0.4, 0.5) is 0 Å². The predicted molar refractivity (Wildman–Crippen MR) is 61.0 cm³/mol. The fraction of sp³-hybridized carbons (Fsp3) is 0.417. The highest BCUT2D eigenvalue weighted by atomic mass is 16.5. The van der Waals surface area contributed by atoms with Crippen molar-refractivity contribution in [3.05, 3.63) is 29.7 Å². The number of aldehydes is 1. The maximum absolute atomic E-state index is 10.7. The largest absolute Gasteiger partial charge is 0.381 e. The van der Waals surface area contributed by atoms with Crippen LogP contribution in [0.1, 0.15) is 22.6 Å². The molecule has 0 saturated carbocycles. The van der Waals surface area contributed by atoms with Gasteiger partial charge in [-0.25, -0.2) is 9.50 Å². The van der Waals surface area contributed by atoms with Crippen LogP contribution in [0.25, 0.3) is 5.65 Å². The number of hydrogen-bond donors (Lipinski definition) is 0. The zero-order chi connectivity index (χ0) is 11.7. The normalized spacial score (nSPS) is 19.9. The van der Waals surface area contributed by atoms with Crippen LogP contribution in [-0.4, -0.2) is 34.1 Å². The Labute approximate surface area is 98.4 Å². The maximum atomic E-state index is 10.7. The molecule has 17 heavy (non-hydrogen) atoms. The summed E-state index contributed by atoms with van der Waals surface area (Å²) >= 11 is 0. The number of aromatic nitrogens is 3. The number of nitrogens with zero attached hydrogens (tertiary/aromatic N) is 3. The molecule has 1 aliphatic rings. The van der Waals surface area contributed by atoms with Gasteiger partial charge in [0.25, 0.3) is 0 Å². The van der Waals surface area contributed by atoms with Crippen LogP contribution in [0.2, 0.25) is 0 Å². The molecule has 2 aromatic heterocycles. The fourth-order valence-corrected chi connectivity index (χ4v) is 2.11. The Morgan fingerprint density at radius 2 is 2.53 bits per heavy atom. The topological polar surface area (TPSA) is 56.5 Å². The van der Waals surface area contributed by atoms with Gasteiger partial charge in [-0.05, 0) is 24.5 Å². The van der Waals surface area contributed by atoms with E-state index in [1.54, 1.807) is 22.8 Å². The molecule has 1 unspecified atom stereocenters. The molecule has 0 aliphatic carbocycles. The minimum absolute atomic E-state index is 0.526. The van der Waals surface area contributed by atoms with E-state index in [1.807, 2.05) is 0 Å². The zero-order valence-electron chi connectivity index (χ0n) is 9.37. The lowest BCUT2D eigenvalue weighted by molar-refractivity contribution is 0.112.